The molecule has 5 nitrogen and oxygen atoms in total. The third-order valence-corrected chi connectivity index (χ3v) is 3.30. The number of rotatable bonds is 4. The Morgan fingerprint density at radius 3 is 2.56 bits per heavy atom. The Morgan fingerprint density at radius 2 is 1.94 bits per heavy atom. The number of anilines is 1. The Labute approximate surface area is 109 Å². The van der Waals surface area contributed by atoms with Crippen molar-refractivity contribution >= 4 is 5.95 Å². The van der Waals surface area contributed by atoms with E-state index in [1.807, 2.05) is 13.0 Å². The lowest BCUT2D eigenvalue weighted by atomic mass is 10.3. The maximum absolute atomic E-state index is 5.66. The van der Waals surface area contributed by atoms with E-state index in [0.717, 1.165) is 43.5 Å². The van der Waals surface area contributed by atoms with Crippen LogP contribution in [-0.2, 0) is 6.54 Å². The van der Waals surface area contributed by atoms with E-state index in [1.54, 1.807) is 0 Å². The molecule has 5 heteroatoms. The van der Waals surface area contributed by atoms with Crippen molar-refractivity contribution in [2.75, 3.05) is 37.6 Å². The van der Waals surface area contributed by atoms with E-state index in [9.17, 15) is 0 Å². The molecule has 100 valence electrons. The van der Waals surface area contributed by atoms with E-state index in [0.29, 0.717) is 6.54 Å². The first-order valence-corrected chi connectivity index (χ1v) is 6.75. The summed E-state index contributed by atoms with van der Waals surface area (Å²) >= 11 is 0. The highest BCUT2D eigenvalue weighted by Crippen LogP contribution is 2.13. The van der Waals surface area contributed by atoms with Gasteiger partial charge in [-0.3, -0.25) is 4.90 Å². The van der Waals surface area contributed by atoms with Gasteiger partial charge in [0.25, 0.3) is 0 Å². The second-order valence-electron chi connectivity index (χ2n) is 4.83. The molecular weight excluding hydrogens is 226 g/mol. The van der Waals surface area contributed by atoms with Gasteiger partial charge in [-0.05, 0) is 26.0 Å². The lowest BCUT2D eigenvalue weighted by molar-refractivity contribution is 0.257. The monoisotopic (exact) mass is 249 g/mol. The van der Waals surface area contributed by atoms with Gasteiger partial charge >= 0.3 is 0 Å². The molecule has 0 radical (unpaired) electrons. The number of nitrogens with two attached hydrogens (primary N) is 1. The Morgan fingerprint density at radius 1 is 1.22 bits per heavy atom. The molecule has 1 fully saturated rings. The highest BCUT2D eigenvalue weighted by atomic mass is 15.3. The van der Waals surface area contributed by atoms with E-state index in [1.165, 1.54) is 13.0 Å². The molecule has 2 N–H and O–H groups in total. The van der Waals surface area contributed by atoms with E-state index < -0.39 is 0 Å². The van der Waals surface area contributed by atoms with Gasteiger partial charge in [0.2, 0.25) is 5.95 Å². The number of hydrogen-bond acceptors (Lipinski definition) is 5. The molecule has 1 aromatic heterocycles. The highest BCUT2D eigenvalue weighted by Gasteiger charge is 2.18. The summed E-state index contributed by atoms with van der Waals surface area (Å²) in [6.45, 7) is 10.1. The summed E-state index contributed by atoms with van der Waals surface area (Å²) in [5, 5.41) is 0. The molecular formula is C13H23N5. The molecule has 2 rings (SSSR count). The third-order valence-electron chi connectivity index (χ3n) is 3.30. The fraction of sp³-hybridized carbons (Fsp3) is 0.692. The fourth-order valence-corrected chi connectivity index (χ4v) is 2.35. The number of aromatic nitrogens is 2. The summed E-state index contributed by atoms with van der Waals surface area (Å²) in [6, 6.07) is 1.96. The van der Waals surface area contributed by atoms with Gasteiger partial charge in [-0.25, -0.2) is 9.97 Å². The van der Waals surface area contributed by atoms with Gasteiger partial charge < -0.3 is 10.6 Å². The lowest BCUT2D eigenvalue weighted by Gasteiger charge is -2.34. The van der Waals surface area contributed by atoms with Gasteiger partial charge in [0.15, 0.2) is 0 Å². The summed E-state index contributed by atoms with van der Waals surface area (Å²) in [4.78, 5) is 13.8. The molecule has 1 aliphatic rings. The molecule has 0 unspecified atom stereocenters. The van der Waals surface area contributed by atoms with Crippen molar-refractivity contribution in [3.63, 3.8) is 0 Å². The maximum atomic E-state index is 5.66. The summed E-state index contributed by atoms with van der Waals surface area (Å²) < 4.78 is 0. The van der Waals surface area contributed by atoms with Crippen molar-refractivity contribution in [3.05, 3.63) is 17.5 Å². The largest absolute Gasteiger partial charge is 0.338 e. The van der Waals surface area contributed by atoms with Crippen molar-refractivity contribution in [2.24, 2.45) is 5.73 Å². The maximum Gasteiger partial charge on any atom is 0.225 e. The van der Waals surface area contributed by atoms with Crippen LogP contribution >= 0.6 is 0 Å². The zero-order valence-corrected chi connectivity index (χ0v) is 11.4. The third kappa shape index (κ3) is 3.17. The molecule has 1 aliphatic heterocycles. The Hall–Kier alpha value is -1.20. The van der Waals surface area contributed by atoms with Crippen LogP contribution in [0.1, 0.15) is 24.7 Å². The van der Waals surface area contributed by atoms with Crippen LogP contribution in [0.4, 0.5) is 5.95 Å². The first-order chi connectivity index (χ1) is 8.72. The molecule has 0 aliphatic carbocycles. The smallest absolute Gasteiger partial charge is 0.225 e. The lowest BCUT2D eigenvalue weighted by Crippen LogP contribution is -2.47. The van der Waals surface area contributed by atoms with Gasteiger partial charge in [-0.1, -0.05) is 6.92 Å². The van der Waals surface area contributed by atoms with Crippen LogP contribution < -0.4 is 10.6 Å². The number of hydrogen-bond donors (Lipinski definition) is 1. The van der Waals surface area contributed by atoms with Gasteiger partial charge in [0.05, 0.1) is 5.69 Å². The van der Waals surface area contributed by atoms with E-state index in [4.69, 9.17) is 5.73 Å². The second-order valence-corrected chi connectivity index (χ2v) is 4.83. The summed E-state index contributed by atoms with van der Waals surface area (Å²) in [6.07, 6.45) is 1.22. The van der Waals surface area contributed by atoms with Crippen LogP contribution in [0.25, 0.3) is 0 Å². The second kappa shape index (κ2) is 6.11. The fourth-order valence-electron chi connectivity index (χ4n) is 2.35. The molecule has 1 saturated heterocycles. The van der Waals surface area contributed by atoms with E-state index in [-0.39, 0.29) is 0 Å². The van der Waals surface area contributed by atoms with Crippen LogP contribution in [0.2, 0.25) is 0 Å². The van der Waals surface area contributed by atoms with Crippen LogP contribution in [-0.4, -0.2) is 47.6 Å². The van der Waals surface area contributed by atoms with Crippen LogP contribution in [0, 0.1) is 6.92 Å². The van der Waals surface area contributed by atoms with Gasteiger partial charge in [-0.2, -0.15) is 0 Å². The van der Waals surface area contributed by atoms with Gasteiger partial charge in [-0.15, -0.1) is 0 Å². The van der Waals surface area contributed by atoms with Crippen molar-refractivity contribution < 1.29 is 0 Å². The first-order valence-electron chi connectivity index (χ1n) is 6.75. The number of aryl methyl sites for hydroxylation is 1. The van der Waals surface area contributed by atoms with Crippen molar-refractivity contribution in [3.8, 4) is 0 Å². The average molecular weight is 249 g/mol. The summed E-state index contributed by atoms with van der Waals surface area (Å²) in [5.41, 5.74) is 7.58. The minimum absolute atomic E-state index is 0.478. The van der Waals surface area contributed by atoms with Crippen LogP contribution in [0.15, 0.2) is 6.07 Å². The Bertz CT molecular complexity index is 385. The van der Waals surface area contributed by atoms with Crippen molar-refractivity contribution in [1.29, 1.82) is 0 Å². The molecule has 1 aromatic rings. The zero-order valence-electron chi connectivity index (χ0n) is 11.4. The minimum Gasteiger partial charge on any atom is -0.338 e. The molecule has 0 atom stereocenters. The van der Waals surface area contributed by atoms with Gasteiger partial charge in [0.1, 0.15) is 0 Å². The standard InChI is InChI=1S/C13H23N5/c1-3-4-17-5-7-18(8-6-17)13-15-11(2)9-12(10-14)16-13/h9H,3-8,10,14H2,1-2H3. The number of nitrogens with zero attached hydrogens (tertiary/aromatic N) is 4. The SMILES string of the molecule is CCCN1CCN(c2nc(C)cc(CN)n2)CC1. The summed E-state index contributed by atoms with van der Waals surface area (Å²) in [7, 11) is 0. The minimum atomic E-state index is 0.478. The normalized spacial score (nSPS) is 17.2. The molecule has 18 heavy (non-hydrogen) atoms. The molecule has 0 bridgehead atoms. The topological polar surface area (TPSA) is 58.3 Å². The molecule has 0 amide bonds. The Kier molecular flexibility index (Phi) is 4.49. The molecule has 0 saturated carbocycles. The van der Waals surface area contributed by atoms with E-state index >= 15 is 0 Å². The highest BCUT2D eigenvalue weighted by molar-refractivity contribution is 5.33. The van der Waals surface area contributed by atoms with Crippen molar-refractivity contribution in [1.82, 2.24) is 14.9 Å². The average Bonchev–Trinajstić information content (AvgIpc) is 2.39. The molecule has 0 spiro atoms. The summed E-state index contributed by atoms with van der Waals surface area (Å²) in [5.74, 6) is 0.839. The van der Waals surface area contributed by atoms with Crippen LogP contribution in [0.3, 0.4) is 0 Å². The van der Waals surface area contributed by atoms with Gasteiger partial charge in [0, 0.05) is 38.4 Å². The number of piperazine rings is 1. The quantitative estimate of drug-likeness (QED) is 0.854. The Balaban J connectivity index is 2.02. The van der Waals surface area contributed by atoms with Crippen LogP contribution in [0.5, 0.6) is 0 Å². The predicted octanol–water partition coefficient (Wildman–Crippen LogP) is 0.776. The molecule has 2 heterocycles. The first kappa shape index (κ1) is 13.2. The van der Waals surface area contributed by atoms with Crippen molar-refractivity contribution in [2.45, 2.75) is 26.8 Å². The zero-order chi connectivity index (χ0) is 13.0. The van der Waals surface area contributed by atoms with E-state index in [2.05, 4.69) is 26.7 Å². The predicted molar refractivity (Wildman–Crippen MR) is 73.6 cm³/mol. The molecule has 0 aromatic carbocycles.